The van der Waals surface area contributed by atoms with Crippen molar-refractivity contribution < 1.29 is 15.1 Å². The molecule has 1 N–H and O–H groups in total. The Kier molecular flexibility index (Phi) is 5.58. The molecule has 1 amide bonds. The molecule has 6 nitrogen and oxygen atoms in total. The van der Waals surface area contributed by atoms with Crippen molar-refractivity contribution in [2.75, 3.05) is 13.6 Å². The van der Waals surface area contributed by atoms with E-state index in [4.69, 9.17) is 15.3 Å². The van der Waals surface area contributed by atoms with Gasteiger partial charge in [-0.25, -0.2) is 0 Å². The molecule has 0 atom stereocenters. The normalized spacial score (nSPS) is 17.0. The number of likely N-dealkylation sites (tertiary alicyclic amines) is 1. The molecule has 1 heterocycles. The Hall–Kier alpha value is -1.33. The minimum Gasteiger partial charge on any atom is -0.346 e. The van der Waals surface area contributed by atoms with Gasteiger partial charge in [-0.15, -0.1) is 10.1 Å². The van der Waals surface area contributed by atoms with Crippen molar-refractivity contribution in [1.29, 1.82) is 0 Å². The van der Waals surface area contributed by atoms with Gasteiger partial charge in [-0.05, 0) is 12.8 Å². The van der Waals surface area contributed by atoms with Crippen LogP contribution in [-0.4, -0.2) is 34.7 Å². The summed E-state index contributed by atoms with van der Waals surface area (Å²) in [5, 5.41) is 13.6. The van der Waals surface area contributed by atoms with Crippen LogP contribution in [0.3, 0.4) is 0 Å². The van der Waals surface area contributed by atoms with Crippen LogP contribution in [-0.2, 0) is 4.79 Å². The Morgan fingerprint density at radius 3 is 2.54 bits per heavy atom. The summed E-state index contributed by atoms with van der Waals surface area (Å²) in [6, 6.07) is 0. The summed E-state index contributed by atoms with van der Waals surface area (Å²) < 4.78 is 0. The number of nitrogens with zero attached hydrogens (tertiary/aromatic N) is 2. The maximum atomic E-state index is 10.9. The van der Waals surface area contributed by atoms with E-state index in [1.165, 1.54) is 12.8 Å². The lowest BCUT2D eigenvalue weighted by atomic mass is 10.2. The molecule has 13 heavy (non-hydrogen) atoms. The molecule has 0 spiro atoms. The van der Waals surface area contributed by atoms with Crippen molar-refractivity contribution in [1.82, 2.24) is 4.90 Å². The highest BCUT2D eigenvalue weighted by Gasteiger charge is 2.10. The lowest BCUT2D eigenvalue weighted by molar-refractivity contribution is -0.742. The van der Waals surface area contributed by atoms with Crippen molar-refractivity contribution >= 4 is 5.91 Å². The first-order chi connectivity index (χ1) is 6.04. The van der Waals surface area contributed by atoms with Crippen LogP contribution >= 0.6 is 0 Å². The monoisotopic (exact) mass is 190 g/mol. The number of carbonyl (C=O) groups is 1. The van der Waals surface area contributed by atoms with E-state index in [2.05, 4.69) is 0 Å². The van der Waals surface area contributed by atoms with Crippen LogP contribution < -0.4 is 0 Å². The fourth-order valence-electron chi connectivity index (χ4n) is 1.12. The fourth-order valence-corrected chi connectivity index (χ4v) is 1.12. The van der Waals surface area contributed by atoms with Gasteiger partial charge in [-0.2, -0.15) is 0 Å². The summed E-state index contributed by atoms with van der Waals surface area (Å²) in [6.07, 6.45) is 4.25. The fraction of sp³-hybridized carbons (Fsp3) is 0.857. The number of carbonyl (C=O) groups excluding carboxylic acids is 1. The number of hydrogen-bond donors (Lipinski definition) is 1. The molecule has 6 heteroatoms. The minimum absolute atomic E-state index is 0.313. The summed E-state index contributed by atoms with van der Waals surface area (Å²) in [4.78, 5) is 21.1. The van der Waals surface area contributed by atoms with Gasteiger partial charge in [0.25, 0.3) is 5.09 Å². The van der Waals surface area contributed by atoms with E-state index in [-0.39, 0.29) is 0 Å². The topological polar surface area (TPSA) is 83.7 Å². The highest BCUT2D eigenvalue weighted by atomic mass is 16.9. The lowest BCUT2D eigenvalue weighted by Crippen LogP contribution is -2.25. The van der Waals surface area contributed by atoms with Crippen molar-refractivity contribution in [2.45, 2.75) is 25.7 Å². The van der Waals surface area contributed by atoms with Gasteiger partial charge in [-0.3, -0.25) is 4.79 Å². The first-order valence-electron chi connectivity index (χ1n) is 4.11. The average molecular weight is 190 g/mol. The highest BCUT2D eigenvalue weighted by Crippen LogP contribution is 2.08. The Bertz CT molecular complexity index is 179. The Morgan fingerprint density at radius 1 is 1.46 bits per heavy atom. The van der Waals surface area contributed by atoms with E-state index in [0.29, 0.717) is 5.91 Å². The zero-order valence-corrected chi connectivity index (χ0v) is 7.60. The van der Waals surface area contributed by atoms with Gasteiger partial charge in [0, 0.05) is 20.0 Å². The van der Waals surface area contributed by atoms with Crippen LogP contribution in [0.15, 0.2) is 0 Å². The summed E-state index contributed by atoms with van der Waals surface area (Å²) in [6.45, 7) is 0.957. The zero-order chi connectivity index (χ0) is 10.3. The Morgan fingerprint density at radius 2 is 2.00 bits per heavy atom. The largest absolute Gasteiger partial charge is 0.346 e. The Balaban J connectivity index is 0.000000310. The van der Waals surface area contributed by atoms with E-state index >= 15 is 0 Å². The van der Waals surface area contributed by atoms with E-state index in [1.54, 1.807) is 0 Å². The van der Waals surface area contributed by atoms with Gasteiger partial charge in [0.2, 0.25) is 5.91 Å². The van der Waals surface area contributed by atoms with Crippen LogP contribution in [0.1, 0.15) is 25.7 Å². The van der Waals surface area contributed by atoms with Crippen molar-refractivity contribution in [2.24, 2.45) is 0 Å². The van der Waals surface area contributed by atoms with Gasteiger partial charge in [0.05, 0.1) is 0 Å². The molecule has 0 radical (unpaired) electrons. The third-order valence-electron chi connectivity index (χ3n) is 1.81. The summed E-state index contributed by atoms with van der Waals surface area (Å²) in [5.74, 6) is 0.313. The summed E-state index contributed by atoms with van der Waals surface area (Å²) in [5.41, 5.74) is 0. The molecule has 1 rings (SSSR count). The smallest absolute Gasteiger partial charge is 0.291 e. The van der Waals surface area contributed by atoms with Crippen LogP contribution in [0.5, 0.6) is 0 Å². The molecular weight excluding hydrogens is 176 g/mol. The third kappa shape index (κ3) is 7.04. The molecule has 0 aromatic rings. The van der Waals surface area contributed by atoms with Gasteiger partial charge in [-0.1, -0.05) is 6.42 Å². The molecule has 0 bridgehead atoms. The molecule has 0 aromatic carbocycles. The van der Waals surface area contributed by atoms with Crippen molar-refractivity contribution in [3.63, 3.8) is 0 Å². The van der Waals surface area contributed by atoms with E-state index in [1.807, 2.05) is 11.9 Å². The van der Waals surface area contributed by atoms with Crippen LogP contribution in [0.2, 0.25) is 0 Å². The molecule has 1 aliphatic heterocycles. The van der Waals surface area contributed by atoms with Crippen LogP contribution in [0.4, 0.5) is 0 Å². The predicted octanol–water partition coefficient (Wildman–Crippen LogP) is 0.671. The minimum atomic E-state index is -1.50. The molecule has 0 aliphatic carbocycles. The first kappa shape index (κ1) is 11.7. The molecule has 1 saturated heterocycles. The maximum absolute atomic E-state index is 10.9. The molecular formula is C7H14N2O4. The first-order valence-corrected chi connectivity index (χ1v) is 4.11. The standard InChI is InChI=1S/C7H13NO.HNO3/c1-8-6-4-2-3-5-7(8)9;2-1(3)4/h2-6H2,1H3;(H,2,3,4). The van der Waals surface area contributed by atoms with E-state index < -0.39 is 5.09 Å². The van der Waals surface area contributed by atoms with E-state index in [0.717, 1.165) is 19.4 Å². The quantitative estimate of drug-likeness (QED) is 0.449. The van der Waals surface area contributed by atoms with Gasteiger partial charge < -0.3 is 10.1 Å². The third-order valence-corrected chi connectivity index (χ3v) is 1.81. The molecule has 1 aliphatic rings. The second kappa shape index (κ2) is 6.22. The maximum Gasteiger partial charge on any atom is 0.291 e. The average Bonchev–Trinajstić information content (AvgIpc) is 2.16. The Labute approximate surface area is 76.3 Å². The van der Waals surface area contributed by atoms with Gasteiger partial charge in [0.15, 0.2) is 0 Å². The second-order valence-corrected chi connectivity index (χ2v) is 2.86. The SMILES string of the molecule is CN1CCCCCC1=O.O=[N+]([O-])O. The molecule has 0 unspecified atom stereocenters. The van der Waals surface area contributed by atoms with Crippen LogP contribution in [0, 0.1) is 10.1 Å². The molecule has 0 aromatic heterocycles. The van der Waals surface area contributed by atoms with Crippen molar-refractivity contribution in [3.05, 3.63) is 10.1 Å². The molecule has 1 fully saturated rings. The number of hydrogen-bond acceptors (Lipinski definition) is 3. The summed E-state index contributed by atoms with van der Waals surface area (Å²) >= 11 is 0. The van der Waals surface area contributed by atoms with Crippen molar-refractivity contribution in [3.8, 4) is 0 Å². The van der Waals surface area contributed by atoms with Crippen LogP contribution in [0.25, 0.3) is 0 Å². The highest BCUT2D eigenvalue weighted by molar-refractivity contribution is 5.75. The van der Waals surface area contributed by atoms with Gasteiger partial charge in [0.1, 0.15) is 0 Å². The predicted molar refractivity (Wildman–Crippen MR) is 44.9 cm³/mol. The second-order valence-electron chi connectivity index (χ2n) is 2.86. The zero-order valence-electron chi connectivity index (χ0n) is 7.60. The number of rotatable bonds is 0. The molecule has 76 valence electrons. The van der Waals surface area contributed by atoms with Gasteiger partial charge >= 0.3 is 0 Å². The lowest BCUT2D eigenvalue weighted by Gasteiger charge is -2.11. The summed E-state index contributed by atoms with van der Waals surface area (Å²) in [7, 11) is 1.88. The number of amides is 1. The van der Waals surface area contributed by atoms with E-state index in [9.17, 15) is 4.79 Å². The molecule has 0 saturated carbocycles.